The molecule has 0 spiro atoms. The second-order valence-corrected chi connectivity index (χ2v) is 7.66. The van der Waals surface area contributed by atoms with Crippen LogP contribution in [0.2, 0.25) is 0 Å². The number of carbonyl (C=O) groups excluding carboxylic acids is 2. The van der Waals surface area contributed by atoms with Crippen LogP contribution in [0.5, 0.6) is 0 Å². The number of carbonyl (C=O) groups is 2. The van der Waals surface area contributed by atoms with Gasteiger partial charge >= 0.3 is 12.1 Å². The molecule has 1 heterocycles. The molecule has 1 amide bonds. The Balaban J connectivity index is 1.54. The number of piperidine rings is 1. The summed E-state index contributed by atoms with van der Waals surface area (Å²) in [6.45, 7) is 4.35. The fourth-order valence-electron chi connectivity index (χ4n) is 3.78. The van der Waals surface area contributed by atoms with Crippen molar-refractivity contribution in [3.63, 3.8) is 0 Å². The topological polar surface area (TPSA) is 76.1 Å². The number of likely N-dealkylation sites (tertiary alicyclic amines) is 1. The predicted molar refractivity (Wildman–Crippen MR) is 117 cm³/mol. The molecule has 3 rings (SSSR count). The highest BCUT2D eigenvalue weighted by molar-refractivity contribution is 5.70. The lowest BCUT2D eigenvalue weighted by molar-refractivity contribution is -0.148. The molecule has 164 valence electrons. The Bertz CT molecular complexity index is 815. The number of ether oxygens (including phenoxy) is 2. The van der Waals surface area contributed by atoms with Gasteiger partial charge in [-0.2, -0.15) is 0 Å². The molecule has 2 atom stereocenters. The zero-order valence-corrected chi connectivity index (χ0v) is 17.6. The number of rotatable bonds is 8. The van der Waals surface area contributed by atoms with E-state index in [2.05, 4.69) is 6.58 Å². The van der Waals surface area contributed by atoms with Crippen LogP contribution >= 0.6 is 0 Å². The average Bonchev–Trinajstić information content (AvgIpc) is 2.81. The van der Waals surface area contributed by atoms with Crippen molar-refractivity contribution in [1.29, 1.82) is 0 Å². The number of hydrogen-bond acceptors (Lipinski definition) is 5. The molecule has 1 aliphatic rings. The van der Waals surface area contributed by atoms with Gasteiger partial charge in [0.1, 0.15) is 6.61 Å². The van der Waals surface area contributed by atoms with Gasteiger partial charge in [-0.15, -0.1) is 0 Å². The van der Waals surface area contributed by atoms with Crippen molar-refractivity contribution in [2.45, 2.75) is 31.5 Å². The molecule has 6 heteroatoms. The van der Waals surface area contributed by atoms with E-state index >= 15 is 0 Å². The Morgan fingerprint density at radius 3 is 2.26 bits per heavy atom. The minimum absolute atomic E-state index is 0.0668. The van der Waals surface area contributed by atoms with Crippen molar-refractivity contribution in [2.24, 2.45) is 5.92 Å². The predicted octanol–water partition coefficient (Wildman–Crippen LogP) is 4.10. The first-order valence-corrected chi connectivity index (χ1v) is 10.6. The Morgan fingerprint density at radius 2 is 1.71 bits per heavy atom. The molecule has 0 aliphatic carbocycles. The number of β-amino-alcohol motifs (C(OH)–C–C–N with tert-alkyl or cyclic N) is 1. The molecule has 1 N–H and O–H groups in total. The Labute approximate surface area is 183 Å². The third-order valence-corrected chi connectivity index (χ3v) is 5.48. The Hall–Kier alpha value is -3.12. The summed E-state index contributed by atoms with van der Waals surface area (Å²) in [6, 6.07) is 19.3. The third-order valence-electron chi connectivity index (χ3n) is 5.48. The number of aliphatic hydroxyl groups excluding tert-OH is 1. The molecule has 6 nitrogen and oxygen atoms in total. The SMILES string of the molecule is C=CCOC(=O)N1CC[C@H](CCC(=O)OC(c2ccccc2)c2ccccc2)[C@H](O)C1. The van der Waals surface area contributed by atoms with E-state index in [1.54, 1.807) is 0 Å². The molecule has 0 saturated carbocycles. The summed E-state index contributed by atoms with van der Waals surface area (Å²) in [7, 11) is 0. The first kappa shape index (κ1) is 22.6. The molecule has 0 aromatic heterocycles. The summed E-state index contributed by atoms with van der Waals surface area (Å²) in [5.74, 6) is -0.374. The largest absolute Gasteiger partial charge is 0.453 e. The van der Waals surface area contributed by atoms with E-state index in [-0.39, 0.29) is 31.5 Å². The molecule has 2 aromatic rings. The quantitative estimate of drug-likeness (QED) is 0.511. The van der Waals surface area contributed by atoms with Crippen molar-refractivity contribution in [1.82, 2.24) is 4.90 Å². The van der Waals surface area contributed by atoms with Gasteiger partial charge < -0.3 is 19.5 Å². The second kappa shape index (κ2) is 11.3. The smallest absolute Gasteiger partial charge is 0.410 e. The molecule has 0 radical (unpaired) electrons. The Kier molecular flexibility index (Phi) is 8.24. The summed E-state index contributed by atoms with van der Waals surface area (Å²) in [5.41, 5.74) is 1.82. The Morgan fingerprint density at radius 1 is 1.10 bits per heavy atom. The highest BCUT2D eigenvalue weighted by Gasteiger charge is 2.31. The summed E-state index contributed by atoms with van der Waals surface area (Å²) >= 11 is 0. The maximum Gasteiger partial charge on any atom is 0.410 e. The minimum atomic E-state index is -0.697. The maximum absolute atomic E-state index is 12.6. The van der Waals surface area contributed by atoms with Crippen molar-refractivity contribution in [3.8, 4) is 0 Å². The molecule has 1 saturated heterocycles. The summed E-state index contributed by atoms with van der Waals surface area (Å²) in [4.78, 5) is 26.1. The number of hydrogen-bond donors (Lipinski definition) is 1. The van der Waals surface area contributed by atoms with Crippen LogP contribution in [0.25, 0.3) is 0 Å². The van der Waals surface area contributed by atoms with Crippen LogP contribution in [0.3, 0.4) is 0 Å². The number of nitrogens with zero attached hydrogens (tertiary/aromatic N) is 1. The van der Waals surface area contributed by atoms with E-state index in [1.807, 2.05) is 60.7 Å². The van der Waals surface area contributed by atoms with Gasteiger partial charge in [-0.05, 0) is 29.9 Å². The highest BCUT2D eigenvalue weighted by Crippen LogP contribution is 2.28. The molecule has 0 bridgehead atoms. The van der Waals surface area contributed by atoms with Crippen molar-refractivity contribution >= 4 is 12.1 Å². The van der Waals surface area contributed by atoms with Crippen molar-refractivity contribution < 1.29 is 24.2 Å². The van der Waals surface area contributed by atoms with Crippen LogP contribution in [-0.2, 0) is 14.3 Å². The van der Waals surface area contributed by atoms with Crippen molar-refractivity contribution in [2.75, 3.05) is 19.7 Å². The van der Waals surface area contributed by atoms with E-state index in [0.29, 0.717) is 19.4 Å². The van der Waals surface area contributed by atoms with Crippen LogP contribution in [0, 0.1) is 5.92 Å². The average molecular weight is 424 g/mol. The molecule has 31 heavy (non-hydrogen) atoms. The monoisotopic (exact) mass is 423 g/mol. The molecule has 0 unspecified atom stereocenters. The van der Waals surface area contributed by atoms with Crippen LogP contribution in [0.1, 0.15) is 36.5 Å². The van der Waals surface area contributed by atoms with E-state index in [0.717, 1.165) is 11.1 Å². The van der Waals surface area contributed by atoms with E-state index < -0.39 is 18.3 Å². The first-order chi connectivity index (χ1) is 15.1. The van der Waals surface area contributed by atoms with Gasteiger partial charge in [0.25, 0.3) is 0 Å². The third kappa shape index (κ3) is 6.43. The number of aliphatic hydroxyl groups is 1. The summed E-state index contributed by atoms with van der Waals surface area (Å²) in [6.07, 6.45) is 1.21. The molecule has 2 aromatic carbocycles. The van der Waals surface area contributed by atoms with Gasteiger partial charge in [-0.3, -0.25) is 4.79 Å². The van der Waals surface area contributed by atoms with E-state index in [4.69, 9.17) is 9.47 Å². The lowest BCUT2D eigenvalue weighted by atomic mass is 9.90. The molecular formula is C25H29NO5. The highest BCUT2D eigenvalue weighted by atomic mass is 16.6. The number of esters is 1. The number of amides is 1. The summed E-state index contributed by atoms with van der Waals surface area (Å²) in [5, 5.41) is 10.4. The molecule has 1 fully saturated rings. The lowest BCUT2D eigenvalue weighted by Gasteiger charge is -2.35. The first-order valence-electron chi connectivity index (χ1n) is 10.6. The fourth-order valence-corrected chi connectivity index (χ4v) is 3.78. The zero-order chi connectivity index (χ0) is 22.1. The van der Waals surface area contributed by atoms with Crippen LogP contribution in [-0.4, -0.2) is 47.9 Å². The van der Waals surface area contributed by atoms with E-state index in [9.17, 15) is 14.7 Å². The zero-order valence-electron chi connectivity index (χ0n) is 17.6. The van der Waals surface area contributed by atoms with Gasteiger partial charge in [-0.25, -0.2) is 4.79 Å². The van der Waals surface area contributed by atoms with Crippen LogP contribution < -0.4 is 0 Å². The maximum atomic E-state index is 12.6. The minimum Gasteiger partial charge on any atom is -0.453 e. The van der Waals surface area contributed by atoms with Crippen molar-refractivity contribution in [3.05, 3.63) is 84.4 Å². The van der Waals surface area contributed by atoms with Gasteiger partial charge in [0, 0.05) is 13.0 Å². The normalized spacial score (nSPS) is 18.5. The van der Waals surface area contributed by atoms with Gasteiger partial charge in [0.05, 0.1) is 12.6 Å². The van der Waals surface area contributed by atoms with Crippen LogP contribution in [0.15, 0.2) is 73.3 Å². The fraction of sp³-hybridized carbons (Fsp3) is 0.360. The van der Waals surface area contributed by atoms with E-state index in [1.165, 1.54) is 11.0 Å². The molecular weight excluding hydrogens is 394 g/mol. The summed E-state index contributed by atoms with van der Waals surface area (Å²) < 4.78 is 10.9. The number of benzene rings is 2. The van der Waals surface area contributed by atoms with Gasteiger partial charge in [0.2, 0.25) is 0 Å². The lowest BCUT2D eigenvalue weighted by Crippen LogP contribution is -2.46. The standard InChI is InChI=1S/C25H29NO5/c1-2-17-30-25(29)26-16-15-19(22(27)18-26)13-14-23(28)31-24(20-9-5-3-6-10-20)21-11-7-4-8-12-21/h2-12,19,22,24,27H,1,13-18H2/t19-,22+/m0/s1. The molecule has 1 aliphatic heterocycles. The van der Waals surface area contributed by atoms with Crippen LogP contribution in [0.4, 0.5) is 4.79 Å². The van der Waals surface area contributed by atoms with Gasteiger partial charge in [0.15, 0.2) is 6.10 Å². The second-order valence-electron chi connectivity index (χ2n) is 7.66. The van der Waals surface area contributed by atoms with Gasteiger partial charge in [-0.1, -0.05) is 73.3 Å².